The third-order valence-electron chi connectivity index (χ3n) is 3.34. The number of benzene rings is 1. The summed E-state index contributed by atoms with van der Waals surface area (Å²) in [5.41, 5.74) is 0.911. The first-order chi connectivity index (χ1) is 8.99. The molecule has 0 unspecified atom stereocenters. The minimum Gasteiger partial charge on any atom is -0.381 e. The average Bonchev–Trinajstić information content (AvgIpc) is 2.41. The van der Waals surface area contributed by atoms with Gasteiger partial charge in [0, 0.05) is 24.2 Å². The van der Waals surface area contributed by atoms with Crippen LogP contribution in [0.3, 0.4) is 0 Å². The van der Waals surface area contributed by atoms with Gasteiger partial charge in [0.15, 0.2) is 0 Å². The molecule has 1 saturated heterocycles. The van der Waals surface area contributed by atoms with Crippen molar-refractivity contribution in [3.8, 4) is 0 Å². The Labute approximate surface area is 122 Å². The number of nitrogens with one attached hydrogen (secondary N) is 1. The fourth-order valence-corrected chi connectivity index (χ4v) is 3.49. The summed E-state index contributed by atoms with van der Waals surface area (Å²) in [7, 11) is -3.41. The monoisotopic (exact) mass is 347 g/mol. The van der Waals surface area contributed by atoms with Crippen molar-refractivity contribution >= 4 is 26.0 Å². The Balaban J connectivity index is 2.02. The molecule has 106 valence electrons. The van der Waals surface area contributed by atoms with Crippen LogP contribution in [0.2, 0.25) is 0 Å². The molecule has 0 bridgehead atoms. The Kier molecular flexibility index (Phi) is 5.00. The molecule has 1 N–H and O–H groups in total. The third kappa shape index (κ3) is 4.02. The number of hydrogen-bond donors (Lipinski definition) is 1. The molecule has 0 amide bonds. The van der Waals surface area contributed by atoms with Gasteiger partial charge in [0.2, 0.25) is 10.0 Å². The van der Waals surface area contributed by atoms with E-state index in [9.17, 15) is 8.42 Å². The number of ether oxygens (including phenoxy) is 1. The molecule has 1 heterocycles. The van der Waals surface area contributed by atoms with Crippen LogP contribution in [0.15, 0.2) is 27.6 Å². The molecule has 4 nitrogen and oxygen atoms in total. The maximum absolute atomic E-state index is 12.2. The number of halogens is 1. The number of aryl methyl sites for hydroxylation is 1. The number of hydrogen-bond acceptors (Lipinski definition) is 3. The highest BCUT2D eigenvalue weighted by atomic mass is 79.9. The second-order valence-electron chi connectivity index (χ2n) is 4.82. The highest BCUT2D eigenvalue weighted by Gasteiger charge is 2.19. The lowest BCUT2D eigenvalue weighted by molar-refractivity contribution is 0.0678. The summed E-state index contributed by atoms with van der Waals surface area (Å²) in [6, 6.07) is 5.05. The minimum absolute atomic E-state index is 0.320. The largest absolute Gasteiger partial charge is 0.381 e. The molecular weight excluding hydrogens is 330 g/mol. The molecule has 0 radical (unpaired) electrons. The summed E-state index contributed by atoms with van der Waals surface area (Å²) in [4.78, 5) is 0.320. The normalized spacial score (nSPS) is 17.6. The highest BCUT2D eigenvalue weighted by molar-refractivity contribution is 9.10. The van der Waals surface area contributed by atoms with Gasteiger partial charge in [0.1, 0.15) is 0 Å². The molecule has 2 rings (SSSR count). The SMILES string of the molecule is Cc1cc(S(=O)(=O)NCC2CCOCC2)ccc1Br. The average molecular weight is 348 g/mol. The van der Waals surface area contributed by atoms with Crippen LogP contribution in [0.1, 0.15) is 18.4 Å². The lowest BCUT2D eigenvalue weighted by Gasteiger charge is -2.22. The maximum Gasteiger partial charge on any atom is 0.240 e. The summed E-state index contributed by atoms with van der Waals surface area (Å²) >= 11 is 3.37. The standard InChI is InChI=1S/C13H18BrNO3S/c1-10-8-12(2-3-13(10)14)19(16,17)15-9-11-4-6-18-7-5-11/h2-3,8,11,15H,4-7,9H2,1H3. The van der Waals surface area contributed by atoms with Crippen molar-refractivity contribution in [2.75, 3.05) is 19.8 Å². The zero-order valence-electron chi connectivity index (χ0n) is 10.9. The Morgan fingerprint density at radius 2 is 2.05 bits per heavy atom. The minimum atomic E-state index is -3.41. The Bertz CT molecular complexity index is 539. The summed E-state index contributed by atoms with van der Waals surface area (Å²) < 4.78 is 33.2. The predicted molar refractivity (Wildman–Crippen MR) is 77.6 cm³/mol. The molecule has 6 heteroatoms. The van der Waals surface area contributed by atoms with Crippen molar-refractivity contribution in [2.45, 2.75) is 24.7 Å². The van der Waals surface area contributed by atoms with E-state index in [2.05, 4.69) is 20.7 Å². The Morgan fingerprint density at radius 3 is 2.68 bits per heavy atom. The molecule has 1 aromatic rings. The van der Waals surface area contributed by atoms with Gasteiger partial charge in [-0.25, -0.2) is 13.1 Å². The van der Waals surface area contributed by atoms with Crippen LogP contribution in [0.5, 0.6) is 0 Å². The fourth-order valence-electron chi connectivity index (χ4n) is 2.05. The first-order valence-electron chi connectivity index (χ1n) is 6.32. The summed E-state index contributed by atoms with van der Waals surface area (Å²) in [5.74, 6) is 0.375. The van der Waals surface area contributed by atoms with Crippen LogP contribution in [0.25, 0.3) is 0 Å². The molecule has 0 aliphatic carbocycles. The Morgan fingerprint density at radius 1 is 1.37 bits per heavy atom. The molecule has 0 atom stereocenters. The first-order valence-corrected chi connectivity index (χ1v) is 8.60. The number of sulfonamides is 1. The molecule has 1 aliphatic heterocycles. The van der Waals surface area contributed by atoms with Crippen LogP contribution in [0, 0.1) is 12.8 Å². The lowest BCUT2D eigenvalue weighted by atomic mass is 10.0. The predicted octanol–water partition coefficient (Wildman–Crippen LogP) is 2.46. The van der Waals surface area contributed by atoms with Gasteiger partial charge in [-0.2, -0.15) is 0 Å². The molecule has 0 spiro atoms. The van der Waals surface area contributed by atoms with Gasteiger partial charge in [-0.3, -0.25) is 0 Å². The summed E-state index contributed by atoms with van der Waals surface area (Å²) in [6.07, 6.45) is 1.84. The van der Waals surface area contributed by atoms with Gasteiger partial charge < -0.3 is 4.74 Å². The van der Waals surface area contributed by atoms with Crippen LogP contribution in [-0.2, 0) is 14.8 Å². The second kappa shape index (κ2) is 6.35. The molecule has 1 fully saturated rings. The van der Waals surface area contributed by atoms with Crippen molar-refractivity contribution in [3.63, 3.8) is 0 Å². The van der Waals surface area contributed by atoms with E-state index < -0.39 is 10.0 Å². The second-order valence-corrected chi connectivity index (χ2v) is 7.44. The summed E-state index contributed by atoms with van der Waals surface area (Å²) in [6.45, 7) is 3.82. The molecule has 0 saturated carbocycles. The summed E-state index contributed by atoms with van der Waals surface area (Å²) in [5, 5.41) is 0. The van der Waals surface area contributed by atoms with Crippen molar-refractivity contribution in [3.05, 3.63) is 28.2 Å². The van der Waals surface area contributed by atoms with E-state index in [-0.39, 0.29) is 0 Å². The van der Waals surface area contributed by atoms with E-state index in [4.69, 9.17) is 4.74 Å². The Hall–Kier alpha value is -0.430. The van der Waals surface area contributed by atoms with Gasteiger partial charge >= 0.3 is 0 Å². The zero-order valence-corrected chi connectivity index (χ0v) is 13.3. The molecule has 1 aromatic carbocycles. The van der Waals surface area contributed by atoms with E-state index >= 15 is 0 Å². The topological polar surface area (TPSA) is 55.4 Å². The van der Waals surface area contributed by atoms with Crippen LogP contribution >= 0.6 is 15.9 Å². The van der Waals surface area contributed by atoms with Crippen molar-refractivity contribution in [2.24, 2.45) is 5.92 Å². The van der Waals surface area contributed by atoms with Crippen molar-refractivity contribution in [1.29, 1.82) is 0 Å². The van der Waals surface area contributed by atoms with Crippen molar-refractivity contribution in [1.82, 2.24) is 4.72 Å². The van der Waals surface area contributed by atoms with Gasteiger partial charge in [-0.1, -0.05) is 15.9 Å². The smallest absolute Gasteiger partial charge is 0.240 e. The van der Waals surface area contributed by atoms with Gasteiger partial charge in [0.25, 0.3) is 0 Å². The van der Waals surface area contributed by atoms with Gasteiger partial charge in [0.05, 0.1) is 4.90 Å². The van der Waals surface area contributed by atoms with E-state index in [0.29, 0.717) is 17.4 Å². The van der Waals surface area contributed by atoms with Crippen molar-refractivity contribution < 1.29 is 13.2 Å². The van der Waals surface area contributed by atoms with E-state index in [1.54, 1.807) is 18.2 Å². The quantitative estimate of drug-likeness (QED) is 0.910. The number of rotatable bonds is 4. The highest BCUT2D eigenvalue weighted by Crippen LogP contribution is 2.20. The zero-order chi connectivity index (χ0) is 13.9. The molecule has 0 aromatic heterocycles. The van der Waals surface area contributed by atoms with Crippen LogP contribution in [0.4, 0.5) is 0 Å². The lowest BCUT2D eigenvalue weighted by Crippen LogP contribution is -2.32. The molecule has 19 heavy (non-hydrogen) atoms. The van der Waals surface area contributed by atoms with E-state index in [1.807, 2.05) is 6.92 Å². The van der Waals surface area contributed by atoms with Crippen LogP contribution < -0.4 is 4.72 Å². The van der Waals surface area contributed by atoms with E-state index in [0.717, 1.165) is 36.1 Å². The maximum atomic E-state index is 12.2. The molecule has 1 aliphatic rings. The fraction of sp³-hybridized carbons (Fsp3) is 0.538. The molecular formula is C13H18BrNO3S. The van der Waals surface area contributed by atoms with Gasteiger partial charge in [-0.15, -0.1) is 0 Å². The first kappa shape index (κ1) is 15.0. The third-order valence-corrected chi connectivity index (χ3v) is 5.65. The van der Waals surface area contributed by atoms with E-state index in [1.165, 1.54) is 0 Å². The van der Waals surface area contributed by atoms with Gasteiger partial charge in [-0.05, 0) is 49.4 Å². The van der Waals surface area contributed by atoms with Crippen LogP contribution in [-0.4, -0.2) is 28.2 Å².